The number of carbonyl (C=O) groups excluding carboxylic acids is 1. The number of hydrogen-bond acceptors (Lipinski definition) is 4. The van der Waals surface area contributed by atoms with Crippen LogP contribution in [0.5, 0.6) is 0 Å². The SMILES string of the molecule is NC(=O)c1ccccc1-c1cc2c(cn1)c1[nH]ncc1c(=O)n2CC(F)(F)F. The minimum absolute atomic E-state index is 0.0170. The van der Waals surface area contributed by atoms with Gasteiger partial charge in [-0.1, -0.05) is 18.2 Å². The van der Waals surface area contributed by atoms with Gasteiger partial charge in [-0.2, -0.15) is 18.3 Å². The van der Waals surface area contributed by atoms with E-state index in [0.717, 1.165) is 0 Å². The average molecular weight is 387 g/mol. The van der Waals surface area contributed by atoms with Crippen molar-refractivity contribution in [2.45, 2.75) is 12.7 Å². The van der Waals surface area contributed by atoms with E-state index >= 15 is 0 Å². The van der Waals surface area contributed by atoms with Crippen molar-refractivity contribution in [1.29, 1.82) is 0 Å². The summed E-state index contributed by atoms with van der Waals surface area (Å²) in [6.07, 6.45) is -2.09. The van der Waals surface area contributed by atoms with Gasteiger partial charge in [-0.25, -0.2) is 0 Å². The van der Waals surface area contributed by atoms with Crippen molar-refractivity contribution >= 4 is 27.7 Å². The molecule has 0 saturated carbocycles. The van der Waals surface area contributed by atoms with E-state index in [1.165, 1.54) is 24.5 Å². The Hall–Kier alpha value is -3.69. The molecule has 3 heterocycles. The van der Waals surface area contributed by atoms with Gasteiger partial charge < -0.3 is 5.73 Å². The van der Waals surface area contributed by atoms with Gasteiger partial charge in [0, 0.05) is 22.7 Å². The fourth-order valence-electron chi connectivity index (χ4n) is 3.17. The van der Waals surface area contributed by atoms with Gasteiger partial charge in [-0.05, 0) is 12.1 Å². The topological polar surface area (TPSA) is 107 Å². The molecular weight excluding hydrogens is 375 g/mol. The lowest BCUT2D eigenvalue weighted by molar-refractivity contribution is -0.140. The number of benzene rings is 1. The Labute approximate surface area is 154 Å². The van der Waals surface area contributed by atoms with E-state index in [0.29, 0.717) is 21.0 Å². The van der Waals surface area contributed by atoms with Gasteiger partial charge in [0.05, 0.1) is 28.3 Å². The maximum Gasteiger partial charge on any atom is 0.406 e. The fourth-order valence-corrected chi connectivity index (χ4v) is 3.17. The summed E-state index contributed by atoms with van der Waals surface area (Å²) < 4.78 is 40.0. The molecule has 28 heavy (non-hydrogen) atoms. The average Bonchev–Trinajstić information content (AvgIpc) is 3.14. The zero-order chi connectivity index (χ0) is 20.1. The molecule has 4 rings (SSSR count). The number of halogens is 3. The van der Waals surface area contributed by atoms with Crippen LogP contribution < -0.4 is 11.3 Å². The number of fused-ring (bicyclic) bond motifs is 3. The number of alkyl halides is 3. The monoisotopic (exact) mass is 387 g/mol. The van der Waals surface area contributed by atoms with Crippen LogP contribution in [0.1, 0.15) is 10.4 Å². The summed E-state index contributed by atoms with van der Waals surface area (Å²) in [5, 5.41) is 6.72. The number of aromatic nitrogens is 4. The third-order valence-corrected chi connectivity index (χ3v) is 4.36. The lowest BCUT2D eigenvalue weighted by Crippen LogP contribution is -2.28. The zero-order valence-corrected chi connectivity index (χ0v) is 14.1. The minimum Gasteiger partial charge on any atom is -0.366 e. The molecule has 7 nitrogen and oxygen atoms in total. The molecule has 10 heteroatoms. The Kier molecular flexibility index (Phi) is 3.91. The number of pyridine rings is 2. The van der Waals surface area contributed by atoms with Crippen molar-refractivity contribution in [3.8, 4) is 11.3 Å². The van der Waals surface area contributed by atoms with Gasteiger partial charge in [0.2, 0.25) is 5.91 Å². The zero-order valence-electron chi connectivity index (χ0n) is 14.1. The number of rotatable bonds is 3. The van der Waals surface area contributed by atoms with Crippen molar-refractivity contribution in [3.63, 3.8) is 0 Å². The number of nitrogens with two attached hydrogens (primary N) is 1. The summed E-state index contributed by atoms with van der Waals surface area (Å²) in [7, 11) is 0. The van der Waals surface area contributed by atoms with Crippen LogP contribution in [0.2, 0.25) is 0 Å². The van der Waals surface area contributed by atoms with Gasteiger partial charge in [0.25, 0.3) is 5.56 Å². The third-order valence-electron chi connectivity index (χ3n) is 4.36. The van der Waals surface area contributed by atoms with E-state index in [-0.39, 0.29) is 22.2 Å². The Balaban J connectivity index is 2.07. The second-order valence-corrected chi connectivity index (χ2v) is 6.16. The molecule has 0 fully saturated rings. The smallest absolute Gasteiger partial charge is 0.366 e. The summed E-state index contributed by atoms with van der Waals surface area (Å²) in [4.78, 5) is 28.6. The second kappa shape index (κ2) is 6.19. The largest absolute Gasteiger partial charge is 0.406 e. The molecule has 0 bridgehead atoms. The van der Waals surface area contributed by atoms with Crippen LogP contribution in [0.4, 0.5) is 13.2 Å². The molecule has 0 saturated heterocycles. The Morgan fingerprint density at radius 1 is 1.18 bits per heavy atom. The number of nitrogens with zero attached hydrogens (tertiary/aromatic N) is 3. The summed E-state index contributed by atoms with van der Waals surface area (Å²) in [6.45, 7) is -1.47. The van der Waals surface area contributed by atoms with Crippen LogP contribution in [0.3, 0.4) is 0 Å². The van der Waals surface area contributed by atoms with Gasteiger partial charge in [-0.3, -0.25) is 24.2 Å². The van der Waals surface area contributed by atoms with Gasteiger partial charge in [0.15, 0.2) is 0 Å². The lowest BCUT2D eigenvalue weighted by Gasteiger charge is -2.14. The van der Waals surface area contributed by atoms with E-state index in [2.05, 4.69) is 15.2 Å². The third kappa shape index (κ3) is 2.88. The first-order valence-electron chi connectivity index (χ1n) is 8.08. The predicted molar refractivity (Wildman–Crippen MR) is 95.7 cm³/mol. The summed E-state index contributed by atoms with van der Waals surface area (Å²) in [6, 6.07) is 7.66. The highest BCUT2D eigenvalue weighted by molar-refractivity contribution is 6.04. The highest BCUT2D eigenvalue weighted by atomic mass is 19.4. The molecule has 0 atom stereocenters. The number of primary amides is 1. The Bertz CT molecular complexity index is 1290. The lowest BCUT2D eigenvalue weighted by atomic mass is 10.0. The Morgan fingerprint density at radius 3 is 2.64 bits per heavy atom. The predicted octanol–water partition coefficient (Wildman–Crippen LogP) is 2.60. The summed E-state index contributed by atoms with van der Waals surface area (Å²) >= 11 is 0. The number of H-pyrrole nitrogens is 1. The number of nitrogens with one attached hydrogen (secondary N) is 1. The quantitative estimate of drug-likeness (QED) is 0.563. The van der Waals surface area contributed by atoms with E-state index in [1.54, 1.807) is 18.2 Å². The maximum absolute atomic E-state index is 13.1. The molecule has 0 spiro atoms. The first kappa shape index (κ1) is 17.7. The molecule has 0 unspecified atom stereocenters. The van der Waals surface area contributed by atoms with Crippen molar-refractivity contribution in [3.05, 3.63) is 58.6 Å². The van der Waals surface area contributed by atoms with E-state index in [1.807, 2.05) is 0 Å². The van der Waals surface area contributed by atoms with Crippen LogP contribution in [-0.4, -0.2) is 31.8 Å². The molecule has 1 amide bonds. The van der Waals surface area contributed by atoms with E-state index in [4.69, 9.17) is 5.73 Å². The molecule has 3 N–H and O–H groups in total. The number of hydrogen-bond donors (Lipinski definition) is 2. The first-order chi connectivity index (χ1) is 13.3. The molecule has 0 radical (unpaired) electrons. The van der Waals surface area contributed by atoms with Crippen molar-refractivity contribution in [2.75, 3.05) is 0 Å². The molecular formula is C18H12F3N5O2. The van der Waals surface area contributed by atoms with Gasteiger partial charge in [0.1, 0.15) is 6.54 Å². The second-order valence-electron chi connectivity index (χ2n) is 6.16. The number of amides is 1. The van der Waals surface area contributed by atoms with E-state index < -0.39 is 24.2 Å². The molecule has 0 aliphatic rings. The molecule has 1 aromatic carbocycles. The fraction of sp³-hybridized carbons (Fsp3) is 0.111. The highest BCUT2D eigenvalue weighted by Gasteiger charge is 2.30. The van der Waals surface area contributed by atoms with Crippen molar-refractivity contribution in [1.82, 2.24) is 19.7 Å². The minimum atomic E-state index is -4.61. The standard InChI is InChI=1S/C18H12F3N5O2/c19-18(20,21)8-26-14-5-13(9-3-1-2-4-10(9)16(22)27)23-6-11(14)15-12(17(26)28)7-24-25-15/h1-7H,8H2,(H2,22,27)(H,24,25). The van der Waals surface area contributed by atoms with Gasteiger partial charge >= 0.3 is 6.18 Å². The van der Waals surface area contributed by atoms with Gasteiger partial charge in [-0.15, -0.1) is 0 Å². The summed E-state index contributed by atoms with van der Waals surface area (Å²) in [5.74, 6) is -0.700. The van der Waals surface area contributed by atoms with E-state index in [9.17, 15) is 22.8 Å². The van der Waals surface area contributed by atoms with Crippen molar-refractivity contribution in [2.24, 2.45) is 5.73 Å². The Morgan fingerprint density at radius 2 is 1.93 bits per heavy atom. The molecule has 0 aliphatic heterocycles. The van der Waals surface area contributed by atoms with Crippen molar-refractivity contribution < 1.29 is 18.0 Å². The van der Waals surface area contributed by atoms with Crippen LogP contribution in [0, 0.1) is 0 Å². The number of carbonyl (C=O) groups is 1. The van der Waals surface area contributed by atoms with Crippen LogP contribution in [0.15, 0.2) is 47.5 Å². The number of aromatic amines is 1. The molecule has 142 valence electrons. The normalized spacial score (nSPS) is 12.0. The molecule has 4 aromatic rings. The van der Waals surface area contributed by atoms with Crippen LogP contribution in [0.25, 0.3) is 33.1 Å². The van der Waals surface area contributed by atoms with Crippen LogP contribution >= 0.6 is 0 Å². The first-order valence-corrected chi connectivity index (χ1v) is 8.08. The molecule has 0 aliphatic carbocycles. The maximum atomic E-state index is 13.1. The summed E-state index contributed by atoms with van der Waals surface area (Å²) in [5.41, 5.74) is 5.60. The van der Waals surface area contributed by atoms with Crippen LogP contribution in [-0.2, 0) is 6.54 Å². The highest BCUT2D eigenvalue weighted by Crippen LogP contribution is 2.28. The molecule has 3 aromatic heterocycles.